The molecule has 0 aromatic rings. The minimum absolute atomic E-state index is 0.380. The van der Waals surface area contributed by atoms with Gasteiger partial charge in [-0.1, -0.05) is 19.8 Å². The Labute approximate surface area is 94.0 Å². The van der Waals surface area contributed by atoms with Crippen molar-refractivity contribution in [1.82, 2.24) is 4.90 Å². The van der Waals surface area contributed by atoms with Crippen molar-refractivity contribution in [2.75, 3.05) is 27.3 Å². The van der Waals surface area contributed by atoms with Crippen LogP contribution < -0.4 is 5.73 Å². The lowest BCUT2D eigenvalue weighted by Gasteiger charge is -2.38. The van der Waals surface area contributed by atoms with Crippen molar-refractivity contribution >= 4 is 0 Å². The topological polar surface area (TPSA) is 38.5 Å². The minimum atomic E-state index is 0.380. The number of hydrogen-bond donors (Lipinski definition) is 1. The summed E-state index contributed by atoms with van der Waals surface area (Å²) in [5.41, 5.74) is 5.78. The van der Waals surface area contributed by atoms with Crippen LogP contribution >= 0.6 is 0 Å². The SMILES string of the molecule is COCC(CN)N(C)C1CCCC(C)C1. The van der Waals surface area contributed by atoms with Crippen LogP contribution in [0.3, 0.4) is 0 Å². The van der Waals surface area contributed by atoms with E-state index in [-0.39, 0.29) is 0 Å². The van der Waals surface area contributed by atoms with Crippen LogP contribution in [-0.4, -0.2) is 44.3 Å². The predicted octanol–water partition coefficient (Wildman–Crippen LogP) is 1.47. The lowest BCUT2D eigenvalue weighted by molar-refractivity contribution is 0.0627. The highest BCUT2D eigenvalue weighted by molar-refractivity contribution is 4.81. The van der Waals surface area contributed by atoms with Gasteiger partial charge in [-0.3, -0.25) is 4.90 Å². The summed E-state index contributed by atoms with van der Waals surface area (Å²) in [6.45, 7) is 3.79. The molecule has 0 heterocycles. The summed E-state index contributed by atoms with van der Waals surface area (Å²) >= 11 is 0. The van der Waals surface area contributed by atoms with Gasteiger partial charge >= 0.3 is 0 Å². The summed E-state index contributed by atoms with van der Waals surface area (Å²) < 4.78 is 5.21. The lowest BCUT2D eigenvalue weighted by atomic mass is 9.86. The average molecular weight is 214 g/mol. The van der Waals surface area contributed by atoms with Crippen molar-refractivity contribution in [2.24, 2.45) is 11.7 Å². The molecule has 15 heavy (non-hydrogen) atoms. The highest BCUT2D eigenvalue weighted by atomic mass is 16.5. The fourth-order valence-corrected chi connectivity index (χ4v) is 2.61. The first kappa shape index (κ1) is 12.9. The smallest absolute Gasteiger partial charge is 0.0630 e. The van der Waals surface area contributed by atoms with Crippen LogP contribution in [0, 0.1) is 5.92 Å². The van der Waals surface area contributed by atoms with Crippen molar-refractivity contribution in [3.63, 3.8) is 0 Å². The molecule has 1 saturated carbocycles. The molecule has 1 rings (SSSR count). The first-order valence-corrected chi connectivity index (χ1v) is 6.10. The predicted molar refractivity (Wildman–Crippen MR) is 63.9 cm³/mol. The molecule has 0 spiro atoms. The van der Waals surface area contributed by atoms with Crippen molar-refractivity contribution in [1.29, 1.82) is 0 Å². The van der Waals surface area contributed by atoms with Gasteiger partial charge in [0.1, 0.15) is 0 Å². The molecule has 0 aromatic carbocycles. The molecule has 0 radical (unpaired) electrons. The quantitative estimate of drug-likeness (QED) is 0.753. The molecule has 1 aliphatic rings. The van der Waals surface area contributed by atoms with Crippen molar-refractivity contribution in [2.45, 2.75) is 44.7 Å². The molecular formula is C12H26N2O. The highest BCUT2D eigenvalue weighted by Gasteiger charge is 2.26. The normalized spacial score (nSPS) is 29.4. The van der Waals surface area contributed by atoms with Crippen LogP contribution in [0.15, 0.2) is 0 Å². The van der Waals surface area contributed by atoms with Crippen molar-refractivity contribution < 1.29 is 4.74 Å². The van der Waals surface area contributed by atoms with Gasteiger partial charge in [0, 0.05) is 25.7 Å². The molecule has 1 aliphatic carbocycles. The molecule has 3 nitrogen and oxygen atoms in total. The summed E-state index contributed by atoms with van der Waals surface area (Å²) in [6, 6.07) is 1.09. The van der Waals surface area contributed by atoms with Crippen LogP contribution in [0.2, 0.25) is 0 Å². The van der Waals surface area contributed by atoms with E-state index in [1.165, 1.54) is 25.7 Å². The minimum Gasteiger partial charge on any atom is -0.383 e. The third-order valence-electron chi connectivity index (χ3n) is 3.69. The molecule has 0 bridgehead atoms. The monoisotopic (exact) mass is 214 g/mol. The van der Waals surface area contributed by atoms with E-state index in [1.807, 2.05) is 0 Å². The van der Waals surface area contributed by atoms with Gasteiger partial charge < -0.3 is 10.5 Å². The third kappa shape index (κ3) is 3.74. The highest BCUT2D eigenvalue weighted by Crippen LogP contribution is 2.27. The largest absolute Gasteiger partial charge is 0.383 e. The van der Waals surface area contributed by atoms with Crippen LogP contribution in [0.4, 0.5) is 0 Å². The summed E-state index contributed by atoms with van der Waals surface area (Å²) in [7, 11) is 3.94. The Kier molecular flexibility index (Phi) is 5.58. The second kappa shape index (κ2) is 6.46. The Bertz CT molecular complexity index is 175. The van der Waals surface area contributed by atoms with Crippen LogP contribution in [0.25, 0.3) is 0 Å². The number of nitrogens with zero attached hydrogens (tertiary/aromatic N) is 1. The Balaban J connectivity index is 2.45. The molecule has 3 unspecified atom stereocenters. The number of likely N-dealkylation sites (N-methyl/N-ethyl adjacent to an activating group) is 1. The van der Waals surface area contributed by atoms with E-state index >= 15 is 0 Å². The molecule has 0 saturated heterocycles. The van der Waals surface area contributed by atoms with E-state index in [4.69, 9.17) is 10.5 Å². The Hall–Kier alpha value is -0.120. The summed E-state index contributed by atoms with van der Waals surface area (Å²) in [5, 5.41) is 0. The van der Waals surface area contributed by atoms with Crippen molar-refractivity contribution in [3.8, 4) is 0 Å². The van der Waals surface area contributed by atoms with E-state index in [0.717, 1.165) is 12.5 Å². The summed E-state index contributed by atoms with van der Waals surface area (Å²) in [4.78, 5) is 2.43. The van der Waals surface area contributed by atoms with Gasteiger partial charge in [0.2, 0.25) is 0 Å². The fraction of sp³-hybridized carbons (Fsp3) is 1.00. The van der Waals surface area contributed by atoms with Gasteiger partial charge in [-0.15, -0.1) is 0 Å². The molecule has 3 atom stereocenters. The maximum Gasteiger partial charge on any atom is 0.0630 e. The van der Waals surface area contributed by atoms with Crippen LogP contribution in [0.1, 0.15) is 32.6 Å². The van der Waals surface area contributed by atoms with Crippen LogP contribution in [0.5, 0.6) is 0 Å². The van der Waals surface area contributed by atoms with Gasteiger partial charge in [-0.25, -0.2) is 0 Å². The molecular weight excluding hydrogens is 188 g/mol. The zero-order valence-corrected chi connectivity index (χ0v) is 10.4. The molecule has 90 valence electrons. The lowest BCUT2D eigenvalue weighted by Crippen LogP contribution is -2.48. The first-order valence-electron chi connectivity index (χ1n) is 6.10. The van der Waals surface area contributed by atoms with Gasteiger partial charge in [-0.2, -0.15) is 0 Å². The van der Waals surface area contributed by atoms with Crippen LogP contribution in [-0.2, 0) is 4.74 Å². The van der Waals surface area contributed by atoms with Gasteiger partial charge in [0.25, 0.3) is 0 Å². The standard InChI is InChI=1S/C12H26N2O/c1-10-5-4-6-11(7-10)14(2)12(8-13)9-15-3/h10-12H,4-9,13H2,1-3H3. The summed E-state index contributed by atoms with van der Waals surface area (Å²) in [6.07, 6.45) is 5.39. The molecule has 0 amide bonds. The van der Waals surface area contributed by atoms with E-state index < -0.39 is 0 Å². The first-order chi connectivity index (χ1) is 7.19. The number of rotatable bonds is 5. The third-order valence-corrected chi connectivity index (χ3v) is 3.69. The number of methoxy groups -OCH3 is 1. The molecule has 2 N–H and O–H groups in total. The molecule has 3 heteroatoms. The fourth-order valence-electron chi connectivity index (χ4n) is 2.61. The summed E-state index contributed by atoms with van der Waals surface area (Å²) in [5.74, 6) is 0.868. The van der Waals surface area contributed by atoms with E-state index in [1.54, 1.807) is 7.11 Å². The molecule has 1 fully saturated rings. The molecule has 0 aromatic heterocycles. The second-order valence-electron chi connectivity index (χ2n) is 4.94. The maximum absolute atomic E-state index is 5.78. The van der Waals surface area contributed by atoms with Gasteiger partial charge in [-0.05, 0) is 25.8 Å². The Morgan fingerprint density at radius 1 is 1.47 bits per heavy atom. The second-order valence-corrected chi connectivity index (χ2v) is 4.94. The zero-order valence-electron chi connectivity index (χ0n) is 10.4. The zero-order chi connectivity index (χ0) is 11.3. The van der Waals surface area contributed by atoms with E-state index in [2.05, 4.69) is 18.9 Å². The van der Waals surface area contributed by atoms with E-state index in [0.29, 0.717) is 18.6 Å². The van der Waals surface area contributed by atoms with E-state index in [9.17, 15) is 0 Å². The van der Waals surface area contributed by atoms with Crippen molar-refractivity contribution in [3.05, 3.63) is 0 Å². The van der Waals surface area contributed by atoms with Gasteiger partial charge in [0.15, 0.2) is 0 Å². The Morgan fingerprint density at radius 2 is 2.20 bits per heavy atom. The average Bonchev–Trinajstić information content (AvgIpc) is 2.25. The molecule has 0 aliphatic heterocycles. The number of hydrogen-bond acceptors (Lipinski definition) is 3. The maximum atomic E-state index is 5.78. The van der Waals surface area contributed by atoms with Gasteiger partial charge in [0.05, 0.1) is 6.61 Å². The number of ether oxygens (including phenoxy) is 1. The Morgan fingerprint density at radius 3 is 2.73 bits per heavy atom. The number of nitrogens with two attached hydrogens (primary N) is 1.